The Morgan fingerprint density at radius 3 is 2.85 bits per heavy atom. The minimum atomic E-state index is -1.31. The number of tetrazole rings is 1. The molecule has 0 saturated heterocycles. The van der Waals surface area contributed by atoms with Gasteiger partial charge in [0.25, 0.3) is 0 Å². The Morgan fingerprint density at radius 2 is 2.12 bits per heavy atom. The summed E-state index contributed by atoms with van der Waals surface area (Å²) >= 11 is 6.06. The molecule has 1 atom stereocenters. The predicted molar refractivity (Wildman–Crippen MR) is 96.9 cm³/mol. The van der Waals surface area contributed by atoms with Crippen LogP contribution in [0.3, 0.4) is 0 Å². The Balaban J connectivity index is 1.83. The average molecular weight is 381 g/mol. The van der Waals surface area contributed by atoms with Crippen molar-refractivity contribution in [3.8, 4) is 0 Å². The summed E-state index contributed by atoms with van der Waals surface area (Å²) < 4.78 is 1.37. The second kappa shape index (κ2) is 10.2. The van der Waals surface area contributed by atoms with Crippen LogP contribution in [0, 0.1) is 0 Å². The lowest BCUT2D eigenvalue weighted by molar-refractivity contribution is -0.122. The van der Waals surface area contributed by atoms with E-state index < -0.39 is 13.2 Å². The molecule has 0 aliphatic carbocycles. The van der Waals surface area contributed by atoms with Gasteiger partial charge >= 0.3 is 7.12 Å². The van der Waals surface area contributed by atoms with E-state index in [0.29, 0.717) is 43.0 Å². The number of amides is 1. The number of benzene rings is 1. The van der Waals surface area contributed by atoms with E-state index in [9.17, 15) is 4.79 Å². The van der Waals surface area contributed by atoms with Crippen LogP contribution in [0.25, 0.3) is 0 Å². The maximum atomic E-state index is 12.1. The molecule has 9 nitrogen and oxygen atoms in total. The number of nitrogens with zero attached hydrogens (tertiary/aromatic N) is 4. The molecule has 0 spiro atoms. The summed E-state index contributed by atoms with van der Waals surface area (Å²) in [5, 5.41) is 32.3. The average Bonchev–Trinajstić information content (AvgIpc) is 3.06. The van der Waals surface area contributed by atoms with Crippen LogP contribution < -0.4 is 11.1 Å². The van der Waals surface area contributed by atoms with E-state index in [1.165, 1.54) is 4.68 Å². The highest BCUT2D eigenvalue weighted by molar-refractivity contribution is 6.40. The number of halogens is 1. The molecule has 140 valence electrons. The van der Waals surface area contributed by atoms with Gasteiger partial charge in [0.2, 0.25) is 5.91 Å². The zero-order chi connectivity index (χ0) is 18.9. The van der Waals surface area contributed by atoms with E-state index in [2.05, 4.69) is 20.8 Å². The molecule has 1 unspecified atom stereocenters. The van der Waals surface area contributed by atoms with Crippen molar-refractivity contribution < 1.29 is 14.8 Å². The van der Waals surface area contributed by atoms with Crippen molar-refractivity contribution in [1.29, 1.82) is 0 Å². The maximum Gasteiger partial charge on any atom is 0.451 e. The van der Waals surface area contributed by atoms with E-state index in [4.69, 9.17) is 27.4 Å². The zero-order valence-electron chi connectivity index (χ0n) is 14.3. The number of carbonyl (C=O) groups excluding carboxylic acids is 1. The maximum absolute atomic E-state index is 12.1. The lowest BCUT2D eigenvalue weighted by atomic mass is 9.83. The molecular formula is C15H22BClN6O3. The van der Waals surface area contributed by atoms with E-state index in [0.717, 1.165) is 5.56 Å². The van der Waals surface area contributed by atoms with Gasteiger partial charge < -0.3 is 21.1 Å². The molecule has 0 fully saturated rings. The van der Waals surface area contributed by atoms with Crippen LogP contribution >= 0.6 is 11.6 Å². The van der Waals surface area contributed by atoms with E-state index in [-0.39, 0.29) is 12.5 Å². The van der Waals surface area contributed by atoms with Crippen LogP contribution in [0.5, 0.6) is 0 Å². The molecular weight excluding hydrogens is 358 g/mol. The van der Waals surface area contributed by atoms with Gasteiger partial charge in [-0.25, -0.2) is 4.68 Å². The van der Waals surface area contributed by atoms with Crippen molar-refractivity contribution in [2.75, 3.05) is 0 Å². The van der Waals surface area contributed by atoms with Gasteiger partial charge in [-0.05, 0) is 34.8 Å². The summed E-state index contributed by atoms with van der Waals surface area (Å²) in [5.41, 5.74) is 6.90. The van der Waals surface area contributed by atoms with E-state index >= 15 is 0 Å². The smallest absolute Gasteiger partial charge is 0.427 e. The number of nitrogens with two attached hydrogens (primary N) is 1. The number of hydrogen-bond donors (Lipinski definition) is 4. The van der Waals surface area contributed by atoms with E-state index in [1.807, 2.05) is 18.2 Å². The third-order valence-corrected chi connectivity index (χ3v) is 4.21. The van der Waals surface area contributed by atoms with Crippen molar-refractivity contribution in [3.63, 3.8) is 0 Å². The number of hydrogen-bond acceptors (Lipinski definition) is 7. The summed E-state index contributed by atoms with van der Waals surface area (Å²) in [5.74, 6) is 0.163. The first kappa shape index (κ1) is 20.3. The Morgan fingerprint density at radius 1 is 1.35 bits per heavy atom. The van der Waals surface area contributed by atoms with Crippen molar-refractivity contribution in [3.05, 3.63) is 40.7 Å². The van der Waals surface area contributed by atoms with Gasteiger partial charge in [0.1, 0.15) is 6.54 Å². The lowest BCUT2D eigenvalue weighted by Gasteiger charge is -2.12. The topological polar surface area (TPSA) is 139 Å². The molecule has 0 aliphatic rings. The minimum absolute atomic E-state index is 0.0458. The number of unbranched alkanes of at least 4 members (excludes halogenated alkanes) is 1. The van der Waals surface area contributed by atoms with Gasteiger partial charge in [-0.3, -0.25) is 4.79 Å². The highest BCUT2D eigenvalue weighted by atomic mass is 35.5. The standard InChI is InChI=1S/C15H22BClN6O3/c17-12-6-2-1-5-11(12)9-19-14(24)10-23-15(20-21-22-23)13(18)7-3-4-8-16(25)26/h1-2,5-6,13,25-26H,3-4,7-10,18H2,(H,19,24). The minimum Gasteiger partial charge on any atom is -0.427 e. The summed E-state index contributed by atoms with van der Waals surface area (Å²) in [6, 6.07) is 6.84. The Hall–Kier alpha value is -2.01. The second-order valence-electron chi connectivity index (χ2n) is 5.93. The molecule has 11 heteroatoms. The first-order valence-corrected chi connectivity index (χ1v) is 8.73. The van der Waals surface area contributed by atoms with Crippen LogP contribution in [0.2, 0.25) is 11.3 Å². The van der Waals surface area contributed by atoms with Crippen LogP contribution in [0.15, 0.2) is 24.3 Å². The number of carbonyl (C=O) groups is 1. The first-order chi connectivity index (χ1) is 12.5. The molecule has 0 radical (unpaired) electrons. The summed E-state index contributed by atoms with van der Waals surface area (Å²) in [4.78, 5) is 12.1. The number of rotatable bonds is 10. The highest BCUT2D eigenvalue weighted by Gasteiger charge is 2.17. The molecule has 2 rings (SSSR count). The molecule has 0 aliphatic heterocycles. The van der Waals surface area contributed by atoms with Crippen LogP contribution in [0.4, 0.5) is 0 Å². The summed E-state index contributed by atoms with van der Waals surface area (Å²) in [6.45, 7) is 0.265. The quantitative estimate of drug-likeness (QED) is 0.343. The molecule has 5 N–H and O–H groups in total. The second-order valence-corrected chi connectivity index (χ2v) is 6.34. The van der Waals surface area contributed by atoms with Gasteiger partial charge in [-0.2, -0.15) is 0 Å². The van der Waals surface area contributed by atoms with Crippen molar-refractivity contribution >= 4 is 24.6 Å². The van der Waals surface area contributed by atoms with Crippen molar-refractivity contribution in [2.45, 2.75) is 44.7 Å². The fourth-order valence-electron chi connectivity index (χ4n) is 2.44. The molecule has 1 amide bonds. The fourth-order valence-corrected chi connectivity index (χ4v) is 2.64. The Labute approximate surface area is 156 Å². The first-order valence-electron chi connectivity index (χ1n) is 8.35. The summed E-state index contributed by atoms with van der Waals surface area (Å²) in [7, 11) is -1.31. The number of nitrogens with one attached hydrogen (secondary N) is 1. The van der Waals surface area contributed by atoms with E-state index in [1.54, 1.807) is 6.07 Å². The van der Waals surface area contributed by atoms with Crippen molar-refractivity contribution in [2.24, 2.45) is 5.73 Å². The number of aromatic nitrogens is 4. The largest absolute Gasteiger partial charge is 0.451 e. The third kappa shape index (κ3) is 6.38. The highest BCUT2D eigenvalue weighted by Crippen LogP contribution is 2.16. The van der Waals surface area contributed by atoms with Gasteiger partial charge in [0.05, 0.1) is 6.04 Å². The normalized spacial score (nSPS) is 12.0. The van der Waals surface area contributed by atoms with Crippen molar-refractivity contribution in [1.82, 2.24) is 25.5 Å². The Bertz CT molecular complexity index is 714. The Kier molecular flexibility index (Phi) is 7.98. The zero-order valence-corrected chi connectivity index (χ0v) is 15.0. The van der Waals surface area contributed by atoms with Gasteiger partial charge in [0, 0.05) is 11.6 Å². The van der Waals surface area contributed by atoms with Crippen LogP contribution in [-0.2, 0) is 17.9 Å². The predicted octanol–water partition coefficient (Wildman–Crippen LogP) is 0.286. The van der Waals surface area contributed by atoms with Gasteiger partial charge in [-0.15, -0.1) is 5.10 Å². The molecule has 0 bridgehead atoms. The lowest BCUT2D eigenvalue weighted by Crippen LogP contribution is -2.29. The van der Waals surface area contributed by atoms with Gasteiger partial charge in [-0.1, -0.05) is 42.6 Å². The van der Waals surface area contributed by atoms with Crippen LogP contribution in [-0.4, -0.2) is 43.3 Å². The SMILES string of the molecule is NC(CCCCB(O)O)c1nnnn1CC(=O)NCc1ccccc1Cl. The van der Waals surface area contributed by atoms with Gasteiger partial charge in [0.15, 0.2) is 5.82 Å². The molecule has 26 heavy (non-hydrogen) atoms. The van der Waals surface area contributed by atoms with Crippen LogP contribution in [0.1, 0.15) is 36.7 Å². The molecule has 2 aromatic rings. The third-order valence-electron chi connectivity index (χ3n) is 3.85. The molecule has 1 heterocycles. The molecule has 1 aromatic carbocycles. The molecule has 0 saturated carbocycles. The fraction of sp³-hybridized carbons (Fsp3) is 0.467. The summed E-state index contributed by atoms with van der Waals surface area (Å²) in [6.07, 6.45) is 2.20. The molecule has 1 aromatic heterocycles. The monoisotopic (exact) mass is 380 g/mol.